The minimum Gasteiger partial charge on any atom is -0.394 e. The van der Waals surface area contributed by atoms with Gasteiger partial charge in [0.05, 0.1) is 24.7 Å². The van der Waals surface area contributed by atoms with Gasteiger partial charge < -0.3 is 19.8 Å². The van der Waals surface area contributed by atoms with Gasteiger partial charge in [-0.3, -0.25) is 9.59 Å². The molecule has 1 aromatic rings. The first-order valence-electron chi connectivity index (χ1n) is 10.4. The zero-order chi connectivity index (χ0) is 19.9. The molecule has 1 aliphatic carbocycles. The summed E-state index contributed by atoms with van der Waals surface area (Å²) in [6.07, 6.45) is 4.11. The lowest BCUT2D eigenvalue weighted by molar-refractivity contribution is -0.206. The molecule has 1 saturated carbocycles. The van der Waals surface area contributed by atoms with E-state index in [4.69, 9.17) is 0 Å². The van der Waals surface area contributed by atoms with E-state index in [2.05, 4.69) is 12.1 Å². The van der Waals surface area contributed by atoms with Gasteiger partial charge in [-0.05, 0) is 32.5 Å². The minimum absolute atomic E-state index is 0.0363. The topological polar surface area (TPSA) is 64.1 Å². The van der Waals surface area contributed by atoms with Crippen LogP contribution in [-0.2, 0) is 9.59 Å². The molecule has 6 heteroatoms. The Morgan fingerprint density at radius 1 is 1.14 bits per heavy atom. The van der Waals surface area contributed by atoms with Crippen molar-refractivity contribution in [3.8, 4) is 0 Å². The Bertz CT molecular complexity index is 724. The smallest absolute Gasteiger partial charge is 0.236 e. The molecule has 28 heavy (non-hydrogen) atoms. The van der Waals surface area contributed by atoms with Crippen molar-refractivity contribution < 1.29 is 14.7 Å². The molecule has 2 atom stereocenters. The van der Waals surface area contributed by atoms with Crippen LogP contribution in [-0.4, -0.2) is 83.5 Å². The Morgan fingerprint density at radius 2 is 1.79 bits per heavy atom. The summed E-state index contributed by atoms with van der Waals surface area (Å²) in [6.45, 7) is 1.47. The molecule has 0 aromatic heterocycles. The highest BCUT2D eigenvalue weighted by molar-refractivity contribution is 5.85. The third kappa shape index (κ3) is 3.03. The molecule has 2 heterocycles. The minimum atomic E-state index is -0.365. The maximum absolute atomic E-state index is 13.3. The highest BCUT2D eigenvalue weighted by Crippen LogP contribution is 2.54. The van der Waals surface area contributed by atoms with Gasteiger partial charge in [0.2, 0.25) is 11.8 Å². The summed E-state index contributed by atoms with van der Waals surface area (Å²) in [5, 5.41) is 10.1. The summed E-state index contributed by atoms with van der Waals surface area (Å²) in [6, 6.07) is 9.96. The van der Waals surface area contributed by atoms with Crippen LogP contribution in [0.1, 0.15) is 37.2 Å². The molecule has 1 spiro atoms. The fraction of sp³-hybridized carbons (Fsp3) is 0.636. The predicted molar refractivity (Wildman–Crippen MR) is 107 cm³/mol. The van der Waals surface area contributed by atoms with Crippen LogP contribution in [0.15, 0.2) is 30.3 Å². The zero-order valence-electron chi connectivity index (χ0n) is 16.9. The van der Waals surface area contributed by atoms with Crippen molar-refractivity contribution in [1.82, 2.24) is 14.7 Å². The first-order valence-corrected chi connectivity index (χ1v) is 10.4. The summed E-state index contributed by atoms with van der Waals surface area (Å²) in [5.41, 5.74) is 0.785. The number of carbonyl (C=O) groups excluding carboxylic acids is 2. The maximum Gasteiger partial charge on any atom is 0.236 e. The van der Waals surface area contributed by atoms with Gasteiger partial charge in [0.25, 0.3) is 0 Å². The number of likely N-dealkylation sites (tertiary alicyclic amines) is 2. The van der Waals surface area contributed by atoms with Crippen LogP contribution >= 0.6 is 0 Å². The number of benzene rings is 1. The molecule has 4 rings (SSSR count). The summed E-state index contributed by atoms with van der Waals surface area (Å²) >= 11 is 0. The van der Waals surface area contributed by atoms with Crippen LogP contribution < -0.4 is 0 Å². The molecule has 3 aliphatic rings. The highest BCUT2D eigenvalue weighted by atomic mass is 16.3. The monoisotopic (exact) mass is 385 g/mol. The van der Waals surface area contributed by atoms with Crippen molar-refractivity contribution in [1.29, 1.82) is 0 Å². The van der Waals surface area contributed by atoms with E-state index in [1.165, 1.54) is 0 Å². The fourth-order valence-electron chi connectivity index (χ4n) is 5.55. The second-order valence-electron chi connectivity index (χ2n) is 8.92. The molecule has 2 amide bonds. The van der Waals surface area contributed by atoms with Gasteiger partial charge >= 0.3 is 0 Å². The molecule has 1 N–H and O–H groups in total. The van der Waals surface area contributed by atoms with Crippen LogP contribution in [0.2, 0.25) is 0 Å². The molecule has 6 nitrogen and oxygen atoms in total. The van der Waals surface area contributed by atoms with Crippen molar-refractivity contribution in [2.75, 3.05) is 40.3 Å². The van der Waals surface area contributed by atoms with E-state index in [-0.39, 0.29) is 41.8 Å². The Labute approximate surface area is 167 Å². The van der Waals surface area contributed by atoms with E-state index in [9.17, 15) is 14.7 Å². The third-order valence-corrected chi connectivity index (χ3v) is 6.80. The first kappa shape index (κ1) is 19.4. The summed E-state index contributed by atoms with van der Waals surface area (Å²) < 4.78 is 0. The molecule has 2 saturated heterocycles. The van der Waals surface area contributed by atoms with Crippen molar-refractivity contribution in [3.63, 3.8) is 0 Å². The normalized spacial score (nSPS) is 26.4. The number of rotatable bonds is 5. The van der Waals surface area contributed by atoms with Gasteiger partial charge in [-0.15, -0.1) is 0 Å². The van der Waals surface area contributed by atoms with E-state index >= 15 is 0 Å². The number of likely N-dealkylation sites (N-methyl/N-ethyl adjacent to an activating group) is 1. The van der Waals surface area contributed by atoms with Gasteiger partial charge in [-0.2, -0.15) is 0 Å². The number of amides is 2. The highest BCUT2D eigenvalue weighted by Gasteiger charge is 2.68. The molecule has 2 aliphatic heterocycles. The Balaban J connectivity index is 1.60. The third-order valence-electron chi connectivity index (χ3n) is 6.80. The molecule has 1 aromatic carbocycles. The molecule has 0 bridgehead atoms. The van der Waals surface area contributed by atoms with Crippen LogP contribution in [0.25, 0.3) is 0 Å². The largest absolute Gasteiger partial charge is 0.394 e. The Kier molecular flexibility index (Phi) is 5.19. The predicted octanol–water partition coefficient (Wildman–Crippen LogP) is 1.31. The summed E-state index contributed by atoms with van der Waals surface area (Å²) in [4.78, 5) is 31.6. The van der Waals surface area contributed by atoms with Crippen LogP contribution in [0.4, 0.5) is 0 Å². The van der Waals surface area contributed by atoms with E-state index < -0.39 is 0 Å². The SMILES string of the molecule is CN(C)CC(=O)N1CC2(C1)[C@H](c1ccccc1)[C@H](CO)N2C(=O)C1CCCC1. The first-order chi connectivity index (χ1) is 13.5. The van der Waals surface area contributed by atoms with Crippen LogP contribution in [0.3, 0.4) is 0 Å². The lowest BCUT2D eigenvalue weighted by Crippen LogP contribution is -2.86. The Hall–Kier alpha value is -1.92. The van der Waals surface area contributed by atoms with E-state index in [0.717, 1.165) is 31.2 Å². The number of aliphatic hydroxyl groups excluding tert-OH is 1. The number of nitrogens with zero attached hydrogens (tertiary/aromatic N) is 3. The van der Waals surface area contributed by atoms with Crippen LogP contribution in [0.5, 0.6) is 0 Å². The lowest BCUT2D eigenvalue weighted by atomic mass is 9.60. The number of hydrogen-bond donors (Lipinski definition) is 1. The van der Waals surface area contributed by atoms with Crippen molar-refractivity contribution in [2.45, 2.75) is 43.2 Å². The average molecular weight is 386 g/mol. The lowest BCUT2D eigenvalue weighted by Gasteiger charge is -2.70. The summed E-state index contributed by atoms with van der Waals surface area (Å²) in [7, 11) is 3.78. The molecule has 3 fully saturated rings. The number of aliphatic hydroxyl groups is 1. The standard InChI is InChI=1S/C22H31N3O3/c1-23(2)12-19(27)24-14-22(15-24)20(16-8-4-3-5-9-16)18(13-26)25(22)21(28)17-10-6-7-11-17/h3-5,8-9,17-18,20,26H,6-7,10-15H2,1-2H3/t18-,20+/m0/s1. The van der Waals surface area contributed by atoms with E-state index in [0.29, 0.717) is 19.6 Å². The van der Waals surface area contributed by atoms with Gasteiger partial charge in [0.1, 0.15) is 0 Å². The van der Waals surface area contributed by atoms with E-state index in [1.807, 2.05) is 47.0 Å². The van der Waals surface area contributed by atoms with Gasteiger partial charge in [-0.1, -0.05) is 43.2 Å². The second-order valence-corrected chi connectivity index (χ2v) is 8.92. The Morgan fingerprint density at radius 3 is 2.36 bits per heavy atom. The number of hydrogen-bond acceptors (Lipinski definition) is 4. The number of carbonyl (C=O) groups is 2. The van der Waals surface area contributed by atoms with Crippen LogP contribution in [0, 0.1) is 5.92 Å². The maximum atomic E-state index is 13.3. The van der Waals surface area contributed by atoms with Crippen molar-refractivity contribution in [3.05, 3.63) is 35.9 Å². The quantitative estimate of drug-likeness (QED) is 0.830. The van der Waals surface area contributed by atoms with Gasteiger partial charge in [0, 0.05) is 24.9 Å². The van der Waals surface area contributed by atoms with Crippen molar-refractivity contribution in [2.24, 2.45) is 5.92 Å². The van der Waals surface area contributed by atoms with Gasteiger partial charge in [-0.25, -0.2) is 0 Å². The van der Waals surface area contributed by atoms with Gasteiger partial charge in [0.15, 0.2) is 0 Å². The zero-order valence-corrected chi connectivity index (χ0v) is 16.9. The molecule has 0 radical (unpaired) electrons. The molecular weight excluding hydrogens is 354 g/mol. The fourth-order valence-corrected chi connectivity index (χ4v) is 5.55. The molecule has 152 valence electrons. The molecule has 0 unspecified atom stereocenters. The van der Waals surface area contributed by atoms with Crippen molar-refractivity contribution >= 4 is 11.8 Å². The summed E-state index contributed by atoms with van der Waals surface area (Å²) in [5.74, 6) is 0.438. The molecular formula is C22H31N3O3. The second kappa shape index (κ2) is 7.48. The van der Waals surface area contributed by atoms with E-state index in [1.54, 1.807) is 0 Å². The average Bonchev–Trinajstić information content (AvgIpc) is 3.15.